The van der Waals surface area contributed by atoms with Crippen molar-refractivity contribution in [1.82, 2.24) is 4.90 Å². The van der Waals surface area contributed by atoms with Gasteiger partial charge in [0.2, 0.25) is 5.91 Å². The molecule has 0 saturated carbocycles. The lowest BCUT2D eigenvalue weighted by Gasteiger charge is -2.19. The summed E-state index contributed by atoms with van der Waals surface area (Å²) in [7, 11) is 1.87. The number of hydrogen-bond donors (Lipinski definition) is 0. The van der Waals surface area contributed by atoms with E-state index in [4.69, 9.17) is 4.74 Å². The first-order chi connectivity index (χ1) is 5.74. The van der Waals surface area contributed by atoms with Gasteiger partial charge in [0, 0.05) is 32.5 Å². The molecule has 0 bridgehead atoms. The lowest BCUT2D eigenvalue weighted by atomic mass is 10.1. The molecule has 1 rings (SSSR count). The van der Waals surface area contributed by atoms with Crippen LogP contribution in [0.2, 0.25) is 0 Å². The highest BCUT2D eigenvalue weighted by Crippen LogP contribution is 2.13. The number of carbonyl (C=O) groups is 1. The zero-order valence-electron chi connectivity index (χ0n) is 7.88. The summed E-state index contributed by atoms with van der Waals surface area (Å²) in [5.74, 6) is 0.785. The number of amides is 1. The zero-order valence-corrected chi connectivity index (χ0v) is 7.88. The van der Waals surface area contributed by atoms with Crippen LogP contribution < -0.4 is 0 Å². The first-order valence-corrected chi connectivity index (χ1v) is 4.55. The molecule has 12 heavy (non-hydrogen) atoms. The predicted molar refractivity (Wildman–Crippen MR) is 46.9 cm³/mol. The predicted octanol–water partition coefficient (Wildman–Crippen LogP) is 0.891. The topological polar surface area (TPSA) is 29.5 Å². The van der Waals surface area contributed by atoms with E-state index < -0.39 is 0 Å². The van der Waals surface area contributed by atoms with Crippen LogP contribution in [0, 0.1) is 5.92 Å². The summed E-state index contributed by atoms with van der Waals surface area (Å²) in [5, 5.41) is 0. The zero-order chi connectivity index (χ0) is 8.97. The molecule has 1 heterocycles. The fourth-order valence-electron chi connectivity index (χ4n) is 1.49. The lowest BCUT2D eigenvalue weighted by Crippen LogP contribution is -2.31. The molecule has 0 aromatic heterocycles. The third kappa shape index (κ3) is 2.48. The largest absolute Gasteiger partial charge is 0.381 e. The van der Waals surface area contributed by atoms with Gasteiger partial charge in [0.25, 0.3) is 0 Å². The summed E-state index contributed by atoms with van der Waals surface area (Å²) < 4.78 is 5.23. The third-order valence-corrected chi connectivity index (χ3v) is 2.28. The number of carbonyl (C=O) groups excluding carboxylic acids is 1. The smallest absolute Gasteiger partial charge is 0.222 e. The fraction of sp³-hybridized carbons (Fsp3) is 0.889. The number of nitrogens with zero attached hydrogens (tertiary/aromatic N) is 1. The highest BCUT2D eigenvalue weighted by Gasteiger charge is 2.18. The van der Waals surface area contributed by atoms with E-state index in [-0.39, 0.29) is 5.91 Å². The minimum absolute atomic E-state index is 0.224. The summed E-state index contributed by atoms with van der Waals surface area (Å²) >= 11 is 0. The maximum Gasteiger partial charge on any atom is 0.222 e. The molecule has 0 radical (unpaired) electrons. The second-order valence-electron chi connectivity index (χ2n) is 3.36. The first kappa shape index (κ1) is 9.52. The molecule has 70 valence electrons. The summed E-state index contributed by atoms with van der Waals surface area (Å²) in [4.78, 5) is 13.0. The van der Waals surface area contributed by atoms with Crippen molar-refractivity contribution in [2.24, 2.45) is 5.92 Å². The molecule has 3 nitrogen and oxygen atoms in total. The van der Waals surface area contributed by atoms with Crippen LogP contribution >= 0.6 is 0 Å². The summed E-state index contributed by atoms with van der Waals surface area (Å²) in [6.07, 6.45) is 1.70. The van der Waals surface area contributed by atoms with Crippen LogP contribution in [0.4, 0.5) is 0 Å². The average Bonchev–Trinajstić information content (AvgIpc) is 2.55. The van der Waals surface area contributed by atoms with E-state index in [9.17, 15) is 4.79 Å². The lowest BCUT2D eigenvalue weighted by molar-refractivity contribution is -0.130. The number of ether oxygens (including phenoxy) is 1. The van der Waals surface area contributed by atoms with Crippen molar-refractivity contribution in [3.63, 3.8) is 0 Å². The first-order valence-electron chi connectivity index (χ1n) is 4.55. The van der Waals surface area contributed by atoms with Crippen LogP contribution in [0.25, 0.3) is 0 Å². The molecule has 1 unspecified atom stereocenters. The van der Waals surface area contributed by atoms with Crippen LogP contribution in [-0.2, 0) is 9.53 Å². The molecule has 1 fully saturated rings. The van der Waals surface area contributed by atoms with E-state index >= 15 is 0 Å². The van der Waals surface area contributed by atoms with Gasteiger partial charge in [-0.1, -0.05) is 6.92 Å². The Bertz CT molecular complexity index is 153. The molecule has 3 heteroatoms. The van der Waals surface area contributed by atoms with Gasteiger partial charge in [0.05, 0.1) is 6.61 Å². The van der Waals surface area contributed by atoms with Crippen molar-refractivity contribution in [3.05, 3.63) is 0 Å². The molecule has 1 aliphatic rings. The standard InChI is InChI=1S/C9H17NO2/c1-3-9(11)10(2)6-8-4-5-12-7-8/h8H,3-7H2,1-2H3. The van der Waals surface area contributed by atoms with Crippen molar-refractivity contribution >= 4 is 5.91 Å². The van der Waals surface area contributed by atoms with Gasteiger partial charge in [0.15, 0.2) is 0 Å². The maximum atomic E-state index is 11.2. The second-order valence-corrected chi connectivity index (χ2v) is 3.36. The van der Waals surface area contributed by atoms with Crippen molar-refractivity contribution in [1.29, 1.82) is 0 Å². The van der Waals surface area contributed by atoms with E-state index in [0.29, 0.717) is 12.3 Å². The van der Waals surface area contributed by atoms with Crippen molar-refractivity contribution < 1.29 is 9.53 Å². The Morgan fingerprint density at radius 1 is 1.67 bits per heavy atom. The summed E-state index contributed by atoms with van der Waals surface area (Å²) in [6.45, 7) is 4.43. The Labute approximate surface area is 73.7 Å². The minimum Gasteiger partial charge on any atom is -0.381 e. The Morgan fingerprint density at radius 2 is 2.42 bits per heavy atom. The van der Waals surface area contributed by atoms with Crippen LogP contribution in [0.15, 0.2) is 0 Å². The van der Waals surface area contributed by atoms with Crippen LogP contribution in [0.1, 0.15) is 19.8 Å². The van der Waals surface area contributed by atoms with E-state index in [1.165, 1.54) is 0 Å². The van der Waals surface area contributed by atoms with Crippen molar-refractivity contribution in [2.75, 3.05) is 26.8 Å². The second kappa shape index (κ2) is 4.45. The molecule has 0 aromatic carbocycles. The Hall–Kier alpha value is -0.570. The van der Waals surface area contributed by atoms with Gasteiger partial charge in [0.1, 0.15) is 0 Å². The normalized spacial score (nSPS) is 22.7. The molecule has 0 spiro atoms. The van der Waals surface area contributed by atoms with Crippen LogP contribution in [0.3, 0.4) is 0 Å². The van der Waals surface area contributed by atoms with Crippen molar-refractivity contribution in [3.8, 4) is 0 Å². The molecule has 1 saturated heterocycles. The van der Waals surface area contributed by atoms with Gasteiger partial charge in [-0.05, 0) is 6.42 Å². The Kier molecular flexibility index (Phi) is 3.53. The third-order valence-electron chi connectivity index (χ3n) is 2.28. The van der Waals surface area contributed by atoms with Gasteiger partial charge >= 0.3 is 0 Å². The highest BCUT2D eigenvalue weighted by atomic mass is 16.5. The molecular formula is C9H17NO2. The molecule has 0 N–H and O–H groups in total. The van der Waals surface area contributed by atoms with E-state index in [0.717, 1.165) is 26.2 Å². The van der Waals surface area contributed by atoms with E-state index in [2.05, 4.69) is 0 Å². The van der Waals surface area contributed by atoms with Gasteiger partial charge < -0.3 is 9.64 Å². The molecule has 0 aromatic rings. The van der Waals surface area contributed by atoms with Gasteiger partial charge in [-0.2, -0.15) is 0 Å². The number of rotatable bonds is 3. The fourth-order valence-corrected chi connectivity index (χ4v) is 1.49. The van der Waals surface area contributed by atoms with Crippen molar-refractivity contribution in [2.45, 2.75) is 19.8 Å². The van der Waals surface area contributed by atoms with Crippen LogP contribution in [-0.4, -0.2) is 37.6 Å². The maximum absolute atomic E-state index is 11.2. The molecule has 1 amide bonds. The molecule has 1 atom stereocenters. The van der Waals surface area contributed by atoms with Gasteiger partial charge in [-0.15, -0.1) is 0 Å². The molecular weight excluding hydrogens is 154 g/mol. The summed E-state index contributed by atoms with van der Waals surface area (Å²) in [6, 6.07) is 0. The average molecular weight is 171 g/mol. The van der Waals surface area contributed by atoms with Crippen LogP contribution in [0.5, 0.6) is 0 Å². The van der Waals surface area contributed by atoms with Gasteiger partial charge in [-0.3, -0.25) is 4.79 Å². The molecule has 1 aliphatic heterocycles. The quantitative estimate of drug-likeness (QED) is 0.631. The monoisotopic (exact) mass is 171 g/mol. The summed E-state index contributed by atoms with van der Waals surface area (Å²) in [5.41, 5.74) is 0. The number of hydrogen-bond acceptors (Lipinski definition) is 2. The van der Waals surface area contributed by atoms with E-state index in [1.807, 2.05) is 14.0 Å². The highest BCUT2D eigenvalue weighted by molar-refractivity contribution is 5.75. The Morgan fingerprint density at radius 3 is 2.92 bits per heavy atom. The van der Waals surface area contributed by atoms with Gasteiger partial charge in [-0.25, -0.2) is 0 Å². The SMILES string of the molecule is CCC(=O)N(C)CC1CCOC1. The molecule has 0 aliphatic carbocycles. The van der Waals surface area contributed by atoms with E-state index in [1.54, 1.807) is 4.90 Å². The Balaban J connectivity index is 2.24. The minimum atomic E-state index is 0.224.